The molecule has 0 unspecified atom stereocenters. The number of carbonyl (C=O) groups excluding carboxylic acids is 1. The molecule has 2 rings (SSSR count). The van der Waals surface area contributed by atoms with Gasteiger partial charge in [-0.05, 0) is 19.1 Å². The first-order valence-corrected chi connectivity index (χ1v) is 8.56. The molecule has 8 heteroatoms. The van der Waals surface area contributed by atoms with Crippen molar-refractivity contribution in [3.8, 4) is 0 Å². The molecule has 7 nitrogen and oxygen atoms in total. The van der Waals surface area contributed by atoms with E-state index in [-0.39, 0.29) is 6.42 Å². The zero-order valence-electron chi connectivity index (χ0n) is 12.2. The Morgan fingerprint density at radius 1 is 1.27 bits per heavy atom. The van der Waals surface area contributed by atoms with Crippen LogP contribution in [0.2, 0.25) is 0 Å². The fraction of sp³-hybridized carbons (Fsp3) is 0.500. The number of hydrogen-bond donors (Lipinski definition) is 1. The average Bonchev–Trinajstić information content (AvgIpc) is 2.43. The smallest absolute Gasteiger partial charge is 0.338 e. The minimum atomic E-state index is -3.68. The van der Waals surface area contributed by atoms with Crippen LogP contribution in [0.3, 0.4) is 0 Å². The molecule has 0 spiro atoms. The first-order chi connectivity index (χ1) is 10.3. The number of benzene rings is 1. The highest BCUT2D eigenvalue weighted by atomic mass is 32.2. The molecule has 1 N–H and O–H groups in total. The molecule has 0 saturated carbocycles. The van der Waals surface area contributed by atoms with E-state index >= 15 is 0 Å². The van der Waals surface area contributed by atoms with E-state index in [0.717, 1.165) is 6.26 Å². The van der Waals surface area contributed by atoms with Crippen LogP contribution in [0.4, 0.5) is 0 Å². The molecule has 0 bridgehead atoms. The van der Waals surface area contributed by atoms with Crippen LogP contribution in [0.25, 0.3) is 0 Å². The van der Waals surface area contributed by atoms with Crippen LogP contribution in [-0.2, 0) is 23.8 Å². The molecular weight excluding hydrogens is 312 g/mol. The van der Waals surface area contributed by atoms with Crippen LogP contribution in [0.5, 0.6) is 0 Å². The molecule has 1 aliphatic rings. The fourth-order valence-corrected chi connectivity index (χ4v) is 2.84. The lowest BCUT2D eigenvalue weighted by Gasteiger charge is -2.36. The maximum atomic E-state index is 12.0. The highest BCUT2D eigenvalue weighted by Gasteiger charge is 2.39. The van der Waals surface area contributed by atoms with Gasteiger partial charge in [0.15, 0.2) is 12.4 Å². The van der Waals surface area contributed by atoms with Crippen LogP contribution in [0, 0.1) is 0 Å². The number of hydrogen-bond acceptors (Lipinski definition) is 7. The number of rotatable bonds is 4. The van der Waals surface area contributed by atoms with Crippen LogP contribution >= 0.6 is 0 Å². The van der Waals surface area contributed by atoms with Gasteiger partial charge in [0.1, 0.15) is 6.10 Å². The molecule has 4 atom stereocenters. The zero-order chi connectivity index (χ0) is 16.3. The van der Waals surface area contributed by atoms with Crippen molar-refractivity contribution in [2.24, 2.45) is 0 Å². The van der Waals surface area contributed by atoms with Gasteiger partial charge in [0.25, 0.3) is 10.1 Å². The third kappa shape index (κ3) is 4.51. The summed E-state index contributed by atoms with van der Waals surface area (Å²) in [4.78, 5) is 12.0. The van der Waals surface area contributed by atoms with Crippen molar-refractivity contribution in [2.75, 3.05) is 6.26 Å². The number of ether oxygens (including phenoxy) is 2. The van der Waals surface area contributed by atoms with Gasteiger partial charge in [0.05, 0.1) is 17.9 Å². The van der Waals surface area contributed by atoms with E-state index in [9.17, 15) is 18.3 Å². The quantitative estimate of drug-likeness (QED) is 0.640. The van der Waals surface area contributed by atoms with E-state index in [0.29, 0.717) is 5.56 Å². The molecule has 0 aromatic heterocycles. The van der Waals surface area contributed by atoms with Gasteiger partial charge in [0, 0.05) is 6.42 Å². The van der Waals surface area contributed by atoms with Crippen molar-refractivity contribution in [1.29, 1.82) is 0 Å². The number of aliphatic hydroxyl groups excluding tert-OH is 1. The summed E-state index contributed by atoms with van der Waals surface area (Å²) in [5.74, 6) is -0.624. The van der Waals surface area contributed by atoms with E-state index in [4.69, 9.17) is 13.7 Å². The van der Waals surface area contributed by atoms with Crippen LogP contribution in [0.15, 0.2) is 30.3 Å². The molecule has 22 heavy (non-hydrogen) atoms. The van der Waals surface area contributed by atoms with Crippen molar-refractivity contribution in [3.05, 3.63) is 35.9 Å². The first kappa shape index (κ1) is 16.9. The molecule has 1 saturated heterocycles. The minimum absolute atomic E-state index is 0.0218. The summed E-state index contributed by atoms with van der Waals surface area (Å²) in [7, 11) is -3.68. The second kappa shape index (κ2) is 6.74. The molecule has 122 valence electrons. The third-order valence-electron chi connectivity index (χ3n) is 3.23. The van der Waals surface area contributed by atoms with Gasteiger partial charge in [-0.15, -0.1) is 0 Å². The van der Waals surface area contributed by atoms with E-state index in [2.05, 4.69) is 0 Å². The van der Waals surface area contributed by atoms with Crippen LogP contribution < -0.4 is 0 Å². The Morgan fingerprint density at radius 2 is 1.91 bits per heavy atom. The Labute approximate surface area is 128 Å². The Hall–Kier alpha value is -1.48. The topological polar surface area (TPSA) is 99.1 Å². The van der Waals surface area contributed by atoms with Gasteiger partial charge in [-0.2, -0.15) is 8.42 Å². The van der Waals surface area contributed by atoms with Gasteiger partial charge in [-0.3, -0.25) is 4.18 Å². The highest BCUT2D eigenvalue weighted by Crippen LogP contribution is 2.25. The largest absolute Gasteiger partial charge is 0.453 e. The Morgan fingerprint density at radius 3 is 2.50 bits per heavy atom. The second-order valence-electron chi connectivity index (χ2n) is 5.12. The third-order valence-corrected chi connectivity index (χ3v) is 3.82. The van der Waals surface area contributed by atoms with Gasteiger partial charge in [-0.1, -0.05) is 18.2 Å². The van der Waals surface area contributed by atoms with E-state index in [1.807, 2.05) is 0 Å². The number of carbonyl (C=O) groups is 1. The van der Waals surface area contributed by atoms with Gasteiger partial charge < -0.3 is 14.6 Å². The number of aliphatic hydroxyl groups is 1. The van der Waals surface area contributed by atoms with Gasteiger partial charge in [0.2, 0.25) is 0 Å². The summed E-state index contributed by atoms with van der Waals surface area (Å²) in [6.07, 6.45) is -2.86. The fourth-order valence-electron chi connectivity index (χ4n) is 2.16. The Kier molecular flexibility index (Phi) is 5.17. The van der Waals surface area contributed by atoms with Crippen LogP contribution in [0.1, 0.15) is 23.7 Å². The molecule has 1 aliphatic heterocycles. The van der Waals surface area contributed by atoms with Crippen molar-refractivity contribution in [1.82, 2.24) is 0 Å². The van der Waals surface area contributed by atoms with Crippen molar-refractivity contribution < 1.29 is 32.0 Å². The SMILES string of the molecule is C[C@H]1O[C@H](O)[C@H](OC(=O)c2ccccc2)C[C@@H]1OS(C)(=O)=O. The van der Waals surface area contributed by atoms with Crippen molar-refractivity contribution >= 4 is 16.1 Å². The predicted octanol–water partition coefficient (Wildman–Crippen LogP) is 0.684. The van der Waals surface area contributed by atoms with Crippen molar-refractivity contribution in [2.45, 2.75) is 37.9 Å². The summed E-state index contributed by atoms with van der Waals surface area (Å²) < 4.78 is 37.7. The normalized spacial score (nSPS) is 29.0. The Balaban J connectivity index is 2.05. The van der Waals surface area contributed by atoms with E-state index in [1.165, 1.54) is 0 Å². The van der Waals surface area contributed by atoms with E-state index in [1.54, 1.807) is 37.3 Å². The molecule has 1 heterocycles. The summed E-state index contributed by atoms with van der Waals surface area (Å²) in [5.41, 5.74) is 0.328. The van der Waals surface area contributed by atoms with Gasteiger partial charge in [-0.25, -0.2) is 4.79 Å². The number of esters is 1. The summed E-state index contributed by atoms with van der Waals surface area (Å²) in [6.45, 7) is 1.58. The minimum Gasteiger partial charge on any atom is -0.453 e. The molecule has 1 aromatic rings. The molecule has 0 radical (unpaired) electrons. The lowest BCUT2D eigenvalue weighted by atomic mass is 10.0. The second-order valence-corrected chi connectivity index (χ2v) is 6.72. The molecule has 1 aromatic carbocycles. The highest BCUT2D eigenvalue weighted by molar-refractivity contribution is 7.86. The Bertz CT molecular complexity index is 613. The molecule has 0 aliphatic carbocycles. The summed E-state index contributed by atoms with van der Waals surface area (Å²) >= 11 is 0. The van der Waals surface area contributed by atoms with E-state index < -0.39 is 40.7 Å². The molecular formula is C14H18O7S. The average molecular weight is 330 g/mol. The standard InChI is InChI=1S/C14H18O7S/c1-9-11(21-22(2,17)18)8-12(14(16)19-9)20-13(15)10-6-4-3-5-7-10/h3-7,9,11-12,14,16H,8H2,1-2H3/t9-,11+,12-,14+/m1/s1. The van der Waals surface area contributed by atoms with Crippen LogP contribution in [-0.4, -0.2) is 50.4 Å². The summed E-state index contributed by atoms with van der Waals surface area (Å²) in [6, 6.07) is 8.27. The monoisotopic (exact) mass is 330 g/mol. The van der Waals surface area contributed by atoms with Gasteiger partial charge >= 0.3 is 5.97 Å². The lowest BCUT2D eigenvalue weighted by Crippen LogP contribution is -2.49. The summed E-state index contributed by atoms with van der Waals surface area (Å²) in [5, 5.41) is 9.85. The molecule has 1 fully saturated rings. The molecule has 0 amide bonds. The maximum absolute atomic E-state index is 12.0. The predicted molar refractivity (Wildman–Crippen MR) is 76.5 cm³/mol. The maximum Gasteiger partial charge on any atom is 0.338 e. The lowest BCUT2D eigenvalue weighted by molar-refractivity contribution is -0.235. The zero-order valence-corrected chi connectivity index (χ0v) is 13.0. The van der Waals surface area contributed by atoms with Crippen molar-refractivity contribution in [3.63, 3.8) is 0 Å². The first-order valence-electron chi connectivity index (χ1n) is 6.74.